The van der Waals surface area contributed by atoms with Crippen LogP contribution < -0.4 is 10.2 Å². The first kappa shape index (κ1) is 20.6. The maximum atomic E-state index is 12.8. The Morgan fingerprint density at radius 1 is 1.19 bits per heavy atom. The van der Waals surface area contributed by atoms with Crippen molar-refractivity contribution in [1.82, 2.24) is 25.0 Å². The molecule has 1 amide bonds. The fraction of sp³-hybridized carbons (Fsp3) is 0.304. The lowest BCUT2D eigenvalue weighted by Crippen LogP contribution is -2.55. The number of nitrogens with one attached hydrogen (secondary N) is 1. The lowest BCUT2D eigenvalue weighted by atomic mass is 10.1. The second-order valence-corrected chi connectivity index (χ2v) is 7.42. The Labute approximate surface area is 182 Å². The van der Waals surface area contributed by atoms with Crippen molar-refractivity contribution in [2.24, 2.45) is 12.0 Å². The first-order valence-electron chi connectivity index (χ1n) is 10.5. The molecule has 1 aliphatic rings. The van der Waals surface area contributed by atoms with Crippen LogP contribution in [0.5, 0.6) is 0 Å². The topological polar surface area (TPSA) is 78.7 Å². The lowest BCUT2D eigenvalue weighted by molar-refractivity contribution is -0.120. The van der Waals surface area contributed by atoms with Gasteiger partial charge in [-0.15, -0.1) is 0 Å². The molecule has 31 heavy (non-hydrogen) atoms. The van der Waals surface area contributed by atoms with Gasteiger partial charge in [0.25, 0.3) is 0 Å². The van der Waals surface area contributed by atoms with E-state index in [-0.39, 0.29) is 12.5 Å². The van der Waals surface area contributed by atoms with Crippen LogP contribution in [0.15, 0.2) is 66.0 Å². The van der Waals surface area contributed by atoms with Crippen LogP contribution in [0.3, 0.4) is 0 Å². The molecule has 4 rings (SSSR count). The van der Waals surface area contributed by atoms with E-state index in [1.807, 2.05) is 49.3 Å². The molecule has 1 aromatic carbocycles. The molecule has 2 aromatic heterocycles. The zero-order valence-corrected chi connectivity index (χ0v) is 17.9. The van der Waals surface area contributed by atoms with Crippen LogP contribution in [0.2, 0.25) is 0 Å². The van der Waals surface area contributed by atoms with Crippen LogP contribution in [-0.4, -0.2) is 57.7 Å². The average molecular weight is 418 g/mol. The minimum absolute atomic E-state index is 0.0435. The van der Waals surface area contributed by atoms with E-state index in [1.54, 1.807) is 22.0 Å². The quantitative estimate of drug-likeness (QED) is 0.509. The van der Waals surface area contributed by atoms with Crippen LogP contribution in [0.25, 0.3) is 11.3 Å². The van der Waals surface area contributed by atoms with Gasteiger partial charge in [0, 0.05) is 44.6 Å². The first-order chi connectivity index (χ1) is 15.1. The van der Waals surface area contributed by atoms with Crippen LogP contribution in [-0.2, 0) is 18.4 Å². The highest BCUT2D eigenvalue weighted by Crippen LogP contribution is 2.19. The summed E-state index contributed by atoms with van der Waals surface area (Å²) < 4.78 is 1.71. The van der Waals surface area contributed by atoms with Gasteiger partial charge in [-0.1, -0.05) is 24.3 Å². The first-order valence-corrected chi connectivity index (χ1v) is 10.5. The van der Waals surface area contributed by atoms with Gasteiger partial charge < -0.3 is 15.1 Å². The Hall–Kier alpha value is -3.68. The van der Waals surface area contributed by atoms with E-state index in [4.69, 9.17) is 4.99 Å². The van der Waals surface area contributed by atoms with E-state index in [0.29, 0.717) is 19.6 Å². The Bertz CT molecular complexity index is 1060. The summed E-state index contributed by atoms with van der Waals surface area (Å²) in [5, 5.41) is 7.49. The highest BCUT2D eigenvalue weighted by Gasteiger charge is 2.27. The minimum Gasteiger partial charge on any atom is -0.356 e. The number of amides is 1. The van der Waals surface area contributed by atoms with Crippen LogP contribution in [0.4, 0.5) is 5.69 Å². The number of hydrogen-bond donors (Lipinski definition) is 1. The third kappa shape index (κ3) is 4.91. The zero-order chi connectivity index (χ0) is 21.6. The highest BCUT2D eigenvalue weighted by molar-refractivity contribution is 5.98. The number of benzene rings is 1. The van der Waals surface area contributed by atoms with Crippen molar-refractivity contribution in [2.45, 2.75) is 13.5 Å². The predicted octanol–water partition coefficient (Wildman–Crippen LogP) is 2.30. The molecule has 0 unspecified atom stereocenters. The molecule has 1 aliphatic heterocycles. The summed E-state index contributed by atoms with van der Waals surface area (Å²) in [5.74, 6) is 0.798. The molecular weight excluding hydrogens is 390 g/mol. The van der Waals surface area contributed by atoms with Crippen molar-refractivity contribution in [1.29, 1.82) is 0 Å². The van der Waals surface area contributed by atoms with Crippen LogP contribution in [0.1, 0.15) is 12.5 Å². The van der Waals surface area contributed by atoms with Crippen molar-refractivity contribution in [3.63, 3.8) is 0 Å². The highest BCUT2D eigenvalue weighted by atomic mass is 16.2. The number of aryl methyl sites for hydroxylation is 1. The van der Waals surface area contributed by atoms with E-state index >= 15 is 0 Å². The third-order valence-corrected chi connectivity index (χ3v) is 5.16. The number of aliphatic imine (C=N–C) groups is 1. The Morgan fingerprint density at radius 2 is 2.10 bits per heavy atom. The van der Waals surface area contributed by atoms with Crippen molar-refractivity contribution in [3.05, 3.63) is 66.6 Å². The Kier molecular flexibility index (Phi) is 6.26. The molecule has 8 heteroatoms. The molecule has 0 bridgehead atoms. The second-order valence-electron chi connectivity index (χ2n) is 7.42. The van der Waals surface area contributed by atoms with Crippen molar-refractivity contribution in [3.8, 4) is 11.3 Å². The van der Waals surface area contributed by atoms with Gasteiger partial charge in [0.2, 0.25) is 5.91 Å². The molecule has 0 spiro atoms. The molecule has 0 atom stereocenters. The Balaban J connectivity index is 1.46. The summed E-state index contributed by atoms with van der Waals surface area (Å²) in [4.78, 5) is 25.8. The minimum atomic E-state index is 0.0435. The molecule has 160 valence electrons. The smallest absolute Gasteiger partial charge is 0.246 e. The van der Waals surface area contributed by atoms with E-state index in [0.717, 1.165) is 35.0 Å². The summed E-state index contributed by atoms with van der Waals surface area (Å²) in [6, 6.07) is 14.1. The molecule has 3 heterocycles. The number of piperazine rings is 1. The van der Waals surface area contributed by atoms with Gasteiger partial charge in [-0.05, 0) is 30.7 Å². The molecule has 1 fully saturated rings. The van der Waals surface area contributed by atoms with Gasteiger partial charge in [-0.25, -0.2) is 4.99 Å². The number of carbonyl (C=O) groups excluding carboxylic acids is 1. The molecule has 1 N–H and O–H groups in total. The fourth-order valence-corrected chi connectivity index (χ4v) is 3.63. The molecule has 8 nitrogen and oxygen atoms in total. The molecule has 0 radical (unpaired) electrons. The molecule has 3 aromatic rings. The standard InChI is InChI=1S/C23H27N7O/c1-3-24-23(29-11-12-30(22(31)17-29)20-15-27-28(2)16-20)26-14-18-7-6-8-19(13-18)21-9-4-5-10-25-21/h4-10,13,15-16H,3,11-12,14,17H2,1-2H3,(H,24,26). The van der Waals surface area contributed by atoms with Crippen LogP contribution >= 0.6 is 0 Å². The van der Waals surface area contributed by atoms with E-state index in [2.05, 4.69) is 33.6 Å². The van der Waals surface area contributed by atoms with Crippen molar-refractivity contribution >= 4 is 17.6 Å². The normalized spacial score (nSPS) is 14.8. The van der Waals surface area contributed by atoms with Crippen molar-refractivity contribution in [2.75, 3.05) is 31.1 Å². The summed E-state index contributed by atoms with van der Waals surface area (Å²) in [7, 11) is 1.85. The lowest BCUT2D eigenvalue weighted by Gasteiger charge is -2.35. The van der Waals surface area contributed by atoms with E-state index < -0.39 is 0 Å². The number of rotatable bonds is 5. The predicted molar refractivity (Wildman–Crippen MR) is 122 cm³/mol. The van der Waals surface area contributed by atoms with Crippen molar-refractivity contribution < 1.29 is 4.79 Å². The molecule has 0 aliphatic carbocycles. The largest absolute Gasteiger partial charge is 0.356 e. The molecule has 0 saturated carbocycles. The zero-order valence-electron chi connectivity index (χ0n) is 17.9. The van der Waals surface area contributed by atoms with E-state index in [9.17, 15) is 4.79 Å². The summed E-state index contributed by atoms with van der Waals surface area (Å²) in [6.07, 6.45) is 5.38. The monoisotopic (exact) mass is 417 g/mol. The average Bonchev–Trinajstić information content (AvgIpc) is 3.23. The van der Waals surface area contributed by atoms with Gasteiger partial charge in [0.1, 0.15) is 6.54 Å². The third-order valence-electron chi connectivity index (χ3n) is 5.16. The van der Waals surface area contributed by atoms with Gasteiger partial charge in [-0.3, -0.25) is 14.5 Å². The van der Waals surface area contributed by atoms with Crippen LogP contribution in [0, 0.1) is 0 Å². The number of guanidine groups is 1. The number of nitrogens with zero attached hydrogens (tertiary/aromatic N) is 6. The summed E-state index contributed by atoms with van der Waals surface area (Å²) in [6.45, 7) is 4.90. The van der Waals surface area contributed by atoms with E-state index in [1.165, 1.54) is 0 Å². The maximum Gasteiger partial charge on any atom is 0.246 e. The fourth-order valence-electron chi connectivity index (χ4n) is 3.63. The summed E-state index contributed by atoms with van der Waals surface area (Å²) in [5.41, 5.74) is 3.94. The summed E-state index contributed by atoms with van der Waals surface area (Å²) >= 11 is 0. The number of pyridine rings is 1. The number of hydrogen-bond acceptors (Lipinski definition) is 4. The molecule has 1 saturated heterocycles. The van der Waals surface area contributed by atoms with Gasteiger partial charge >= 0.3 is 0 Å². The van der Waals surface area contributed by atoms with Gasteiger partial charge in [0.15, 0.2) is 5.96 Å². The maximum absolute atomic E-state index is 12.8. The Morgan fingerprint density at radius 3 is 2.81 bits per heavy atom. The SMILES string of the molecule is CCNC(=NCc1cccc(-c2ccccn2)c1)N1CCN(c2cnn(C)c2)C(=O)C1. The van der Waals surface area contributed by atoms with Gasteiger partial charge in [0.05, 0.1) is 24.1 Å². The second kappa shape index (κ2) is 9.42. The molecular formula is C23H27N7O. The number of anilines is 1. The van der Waals surface area contributed by atoms with Gasteiger partial charge in [-0.2, -0.15) is 5.10 Å². The number of aromatic nitrogens is 3. The number of carbonyl (C=O) groups is 1.